The number of benzene rings is 1. The molecule has 0 aliphatic carbocycles. The fourth-order valence-corrected chi connectivity index (χ4v) is 2.43. The van der Waals surface area contributed by atoms with Gasteiger partial charge in [0.15, 0.2) is 0 Å². The number of hydrogen-bond donors (Lipinski definition) is 2. The normalized spacial score (nSPS) is 12.7. The molecule has 3 rings (SSSR count). The van der Waals surface area contributed by atoms with E-state index in [1.165, 1.54) is 0 Å². The lowest BCUT2D eigenvalue weighted by molar-refractivity contribution is 0.531. The van der Waals surface area contributed by atoms with E-state index in [1.54, 1.807) is 12.4 Å². The Balaban J connectivity index is 1.94. The topological polar surface area (TPSA) is 68.8 Å². The number of pyridine rings is 1. The predicted octanol–water partition coefficient (Wildman–Crippen LogP) is 1.72. The molecule has 5 heteroatoms. The summed E-state index contributed by atoms with van der Waals surface area (Å²) in [7, 11) is 2.03. The molecule has 0 aliphatic heterocycles. The SMILES string of the molecule is Cn1c(CC(NN)c2ccncc2)nc2ccccc21. The molecule has 102 valence electrons. The van der Waals surface area contributed by atoms with Crippen molar-refractivity contribution in [2.45, 2.75) is 12.5 Å². The van der Waals surface area contributed by atoms with Crippen molar-refractivity contribution in [2.75, 3.05) is 0 Å². The predicted molar refractivity (Wildman–Crippen MR) is 78.7 cm³/mol. The second-order valence-electron chi connectivity index (χ2n) is 4.78. The lowest BCUT2D eigenvalue weighted by atomic mass is 10.1. The van der Waals surface area contributed by atoms with Crippen LogP contribution in [0.15, 0.2) is 48.8 Å². The fraction of sp³-hybridized carbons (Fsp3) is 0.200. The molecule has 5 nitrogen and oxygen atoms in total. The van der Waals surface area contributed by atoms with Crippen LogP contribution in [0.4, 0.5) is 0 Å². The highest BCUT2D eigenvalue weighted by atomic mass is 15.2. The van der Waals surface area contributed by atoms with Gasteiger partial charge in [0, 0.05) is 25.9 Å². The van der Waals surface area contributed by atoms with Gasteiger partial charge in [-0.05, 0) is 29.8 Å². The van der Waals surface area contributed by atoms with Crippen molar-refractivity contribution in [2.24, 2.45) is 12.9 Å². The third-order valence-corrected chi connectivity index (χ3v) is 3.58. The summed E-state index contributed by atoms with van der Waals surface area (Å²) >= 11 is 0. The van der Waals surface area contributed by atoms with Crippen molar-refractivity contribution in [3.63, 3.8) is 0 Å². The first-order chi connectivity index (χ1) is 9.79. The lowest BCUT2D eigenvalue weighted by Gasteiger charge is -2.15. The first-order valence-electron chi connectivity index (χ1n) is 6.56. The lowest BCUT2D eigenvalue weighted by Crippen LogP contribution is -2.30. The van der Waals surface area contributed by atoms with E-state index in [-0.39, 0.29) is 6.04 Å². The molecule has 0 radical (unpaired) electrons. The largest absolute Gasteiger partial charge is 0.331 e. The van der Waals surface area contributed by atoms with E-state index in [2.05, 4.69) is 26.0 Å². The molecule has 0 saturated heterocycles. The number of imidazole rings is 1. The monoisotopic (exact) mass is 267 g/mol. The Morgan fingerprint density at radius 1 is 1.20 bits per heavy atom. The molecule has 2 aromatic heterocycles. The second kappa shape index (κ2) is 5.40. The molecular formula is C15H17N5. The summed E-state index contributed by atoms with van der Waals surface area (Å²) in [5.41, 5.74) is 6.11. The summed E-state index contributed by atoms with van der Waals surface area (Å²) in [5.74, 6) is 6.70. The Bertz CT molecular complexity index is 705. The summed E-state index contributed by atoms with van der Waals surface area (Å²) in [6.45, 7) is 0. The standard InChI is InChI=1S/C15H17N5/c1-20-14-5-3-2-4-12(14)18-15(20)10-13(19-16)11-6-8-17-9-7-11/h2-9,13,19H,10,16H2,1H3. The number of aromatic nitrogens is 3. The molecule has 0 aliphatic rings. The first-order valence-corrected chi connectivity index (χ1v) is 6.56. The number of para-hydroxylation sites is 2. The van der Waals surface area contributed by atoms with Gasteiger partial charge in [-0.25, -0.2) is 4.98 Å². The van der Waals surface area contributed by atoms with Crippen molar-refractivity contribution < 1.29 is 0 Å². The molecule has 1 atom stereocenters. The highest BCUT2D eigenvalue weighted by Crippen LogP contribution is 2.20. The Hall–Kier alpha value is -2.24. The third-order valence-electron chi connectivity index (χ3n) is 3.58. The van der Waals surface area contributed by atoms with Crippen LogP contribution in [0, 0.1) is 0 Å². The smallest absolute Gasteiger partial charge is 0.111 e. The molecule has 3 aromatic rings. The van der Waals surface area contributed by atoms with Crippen LogP contribution in [-0.4, -0.2) is 14.5 Å². The van der Waals surface area contributed by atoms with E-state index in [0.717, 1.165) is 28.8 Å². The number of fused-ring (bicyclic) bond motifs is 1. The number of nitrogens with two attached hydrogens (primary N) is 1. The zero-order valence-electron chi connectivity index (χ0n) is 11.3. The van der Waals surface area contributed by atoms with E-state index in [4.69, 9.17) is 5.84 Å². The van der Waals surface area contributed by atoms with Crippen molar-refractivity contribution in [1.29, 1.82) is 0 Å². The number of hydrazine groups is 1. The van der Waals surface area contributed by atoms with Gasteiger partial charge in [0.1, 0.15) is 5.82 Å². The minimum atomic E-state index is 0.0218. The van der Waals surface area contributed by atoms with Gasteiger partial charge in [0.25, 0.3) is 0 Å². The van der Waals surface area contributed by atoms with Crippen LogP contribution < -0.4 is 11.3 Å². The number of hydrogen-bond acceptors (Lipinski definition) is 4. The number of nitrogens with one attached hydrogen (secondary N) is 1. The van der Waals surface area contributed by atoms with Gasteiger partial charge in [0.05, 0.1) is 17.1 Å². The first kappa shape index (κ1) is 12.8. The molecule has 0 saturated carbocycles. The molecule has 3 N–H and O–H groups in total. The van der Waals surface area contributed by atoms with Crippen LogP contribution in [-0.2, 0) is 13.5 Å². The van der Waals surface area contributed by atoms with Crippen molar-refractivity contribution in [3.8, 4) is 0 Å². The second-order valence-corrected chi connectivity index (χ2v) is 4.78. The van der Waals surface area contributed by atoms with Gasteiger partial charge in [-0.15, -0.1) is 0 Å². The fourth-order valence-electron chi connectivity index (χ4n) is 2.43. The summed E-state index contributed by atoms with van der Waals surface area (Å²) in [4.78, 5) is 8.71. The van der Waals surface area contributed by atoms with Gasteiger partial charge < -0.3 is 4.57 Å². The Morgan fingerprint density at radius 2 is 1.95 bits per heavy atom. The molecule has 0 spiro atoms. The maximum absolute atomic E-state index is 5.69. The summed E-state index contributed by atoms with van der Waals surface area (Å²) in [6, 6.07) is 12.1. The molecule has 0 fully saturated rings. The molecule has 2 heterocycles. The highest BCUT2D eigenvalue weighted by Gasteiger charge is 2.15. The van der Waals surface area contributed by atoms with E-state index >= 15 is 0 Å². The number of aryl methyl sites for hydroxylation is 1. The van der Waals surface area contributed by atoms with Gasteiger partial charge in [-0.2, -0.15) is 0 Å². The van der Waals surface area contributed by atoms with Crippen LogP contribution in [0.3, 0.4) is 0 Å². The third kappa shape index (κ3) is 2.29. The van der Waals surface area contributed by atoms with Crippen LogP contribution in [0.5, 0.6) is 0 Å². The zero-order valence-corrected chi connectivity index (χ0v) is 11.3. The molecular weight excluding hydrogens is 250 g/mol. The minimum absolute atomic E-state index is 0.0218. The maximum atomic E-state index is 5.69. The molecule has 0 amide bonds. The Morgan fingerprint density at radius 3 is 2.65 bits per heavy atom. The van der Waals surface area contributed by atoms with E-state index in [1.807, 2.05) is 37.4 Å². The van der Waals surface area contributed by atoms with Crippen molar-refractivity contribution >= 4 is 11.0 Å². The van der Waals surface area contributed by atoms with Crippen molar-refractivity contribution in [3.05, 3.63) is 60.2 Å². The quantitative estimate of drug-likeness (QED) is 0.558. The van der Waals surface area contributed by atoms with Crippen molar-refractivity contribution in [1.82, 2.24) is 20.0 Å². The maximum Gasteiger partial charge on any atom is 0.111 e. The average Bonchev–Trinajstić information content (AvgIpc) is 2.82. The van der Waals surface area contributed by atoms with Gasteiger partial charge in [-0.1, -0.05) is 12.1 Å². The summed E-state index contributed by atoms with van der Waals surface area (Å²) in [5, 5.41) is 0. The highest BCUT2D eigenvalue weighted by molar-refractivity contribution is 5.75. The minimum Gasteiger partial charge on any atom is -0.331 e. The van der Waals surface area contributed by atoms with E-state index in [0.29, 0.717) is 0 Å². The molecule has 1 unspecified atom stereocenters. The van der Waals surface area contributed by atoms with Gasteiger partial charge >= 0.3 is 0 Å². The van der Waals surface area contributed by atoms with Crippen LogP contribution in [0.1, 0.15) is 17.4 Å². The molecule has 0 bridgehead atoms. The summed E-state index contributed by atoms with van der Waals surface area (Å²) in [6.07, 6.45) is 4.27. The summed E-state index contributed by atoms with van der Waals surface area (Å²) < 4.78 is 2.11. The van der Waals surface area contributed by atoms with Gasteiger partial charge in [0.2, 0.25) is 0 Å². The van der Waals surface area contributed by atoms with Crippen LogP contribution >= 0.6 is 0 Å². The molecule has 1 aromatic carbocycles. The van der Waals surface area contributed by atoms with Crippen LogP contribution in [0.25, 0.3) is 11.0 Å². The molecule has 20 heavy (non-hydrogen) atoms. The number of nitrogens with zero attached hydrogens (tertiary/aromatic N) is 3. The van der Waals surface area contributed by atoms with E-state index < -0.39 is 0 Å². The average molecular weight is 267 g/mol. The van der Waals surface area contributed by atoms with Gasteiger partial charge in [-0.3, -0.25) is 16.3 Å². The van der Waals surface area contributed by atoms with E-state index in [9.17, 15) is 0 Å². The zero-order chi connectivity index (χ0) is 13.9. The number of rotatable bonds is 4. The Kier molecular flexibility index (Phi) is 3.45. The Labute approximate surface area is 117 Å². The van der Waals surface area contributed by atoms with Crippen LogP contribution in [0.2, 0.25) is 0 Å².